The van der Waals surface area contributed by atoms with Crippen molar-refractivity contribution in [1.29, 1.82) is 0 Å². The van der Waals surface area contributed by atoms with Gasteiger partial charge in [-0.1, -0.05) is 27.5 Å². The van der Waals surface area contributed by atoms with Gasteiger partial charge < -0.3 is 0 Å². The first-order chi connectivity index (χ1) is 7.79. The van der Waals surface area contributed by atoms with E-state index in [9.17, 15) is 13.2 Å². The van der Waals surface area contributed by atoms with Crippen LogP contribution in [0.5, 0.6) is 0 Å². The van der Waals surface area contributed by atoms with Gasteiger partial charge in [-0.05, 0) is 24.6 Å². The summed E-state index contributed by atoms with van der Waals surface area (Å²) in [5.41, 5.74) is 0.492. The molecule has 0 aromatic heterocycles. The van der Waals surface area contributed by atoms with Crippen molar-refractivity contribution in [3.05, 3.63) is 33.3 Å². The van der Waals surface area contributed by atoms with E-state index >= 15 is 0 Å². The molecule has 0 atom stereocenters. The summed E-state index contributed by atoms with van der Waals surface area (Å²) in [6.07, 6.45) is 1.69. The van der Waals surface area contributed by atoms with Crippen LogP contribution in [0.2, 0.25) is 5.02 Å². The van der Waals surface area contributed by atoms with Crippen molar-refractivity contribution >= 4 is 43.2 Å². The molecule has 6 heteroatoms. The number of hydrogen-bond donors (Lipinski definition) is 0. The molecule has 0 amide bonds. The molecule has 0 spiro atoms. The minimum atomic E-state index is -3.01. The van der Waals surface area contributed by atoms with Gasteiger partial charge in [0.25, 0.3) is 0 Å². The Morgan fingerprint density at radius 3 is 2.65 bits per heavy atom. The minimum absolute atomic E-state index is 0.0247. The van der Waals surface area contributed by atoms with E-state index in [0.717, 1.165) is 6.26 Å². The van der Waals surface area contributed by atoms with E-state index in [1.807, 2.05) is 0 Å². The van der Waals surface area contributed by atoms with Gasteiger partial charge in [-0.3, -0.25) is 4.79 Å². The van der Waals surface area contributed by atoms with E-state index in [0.29, 0.717) is 21.5 Å². The third-order valence-corrected chi connectivity index (χ3v) is 4.10. The summed E-state index contributed by atoms with van der Waals surface area (Å²) in [6, 6.07) is 4.96. The summed E-state index contributed by atoms with van der Waals surface area (Å²) < 4.78 is 22.5. The number of benzene rings is 1. The highest BCUT2D eigenvalue weighted by Crippen LogP contribution is 2.22. The molecular weight excluding hydrogens is 328 g/mol. The van der Waals surface area contributed by atoms with Crippen molar-refractivity contribution in [2.24, 2.45) is 0 Å². The standard InChI is InChI=1S/C11H12BrClO3S/c1-17(15,16)6-2-3-11(14)9-7-8(13)4-5-10(9)12/h4-5,7H,2-3,6H2,1H3. The maximum atomic E-state index is 11.8. The predicted molar refractivity (Wildman–Crippen MR) is 72.4 cm³/mol. The summed E-state index contributed by atoms with van der Waals surface area (Å²) in [5, 5.41) is 0.486. The van der Waals surface area contributed by atoms with Crippen LogP contribution in [0.15, 0.2) is 22.7 Å². The lowest BCUT2D eigenvalue weighted by molar-refractivity contribution is 0.0981. The molecule has 1 aromatic carbocycles. The van der Waals surface area contributed by atoms with Crippen molar-refractivity contribution in [1.82, 2.24) is 0 Å². The van der Waals surface area contributed by atoms with Gasteiger partial charge >= 0.3 is 0 Å². The average Bonchev–Trinajstić information content (AvgIpc) is 2.19. The number of halogens is 2. The second kappa shape index (κ2) is 5.98. The number of Topliss-reactive ketones (excluding diaryl/α,β-unsaturated/α-hetero) is 1. The van der Waals surface area contributed by atoms with Gasteiger partial charge in [-0.15, -0.1) is 0 Å². The van der Waals surface area contributed by atoms with Crippen LogP contribution < -0.4 is 0 Å². The van der Waals surface area contributed by atoms with Crippen LogP contribution in [0.1, 0.15) is 23.2 Å². The minimum Gasteiger partial charge on any atom is -0.294 e. The topological polar surface area (TPSA) is 51.2 Å². The van der Waals surface area contributed by atoms with E-state index in [4.69, 9.17) is 11.6 Å². The summed E-state index contributed by atoms with van der Waals surface area (Å²) >= 11 is 9.06. The van der Waals surface area contributed by atoms with Gasteiger partial charge in [-0.25, -0.2) is 8.42 Å². The number of sulfone groups is 1. The molecule has 1 aromatic rings. The molecule has 0 aliphatic heterocycles. The van der Waals surface area contributed by atoms with Gasteiger partial charge in [0, 0.05) is 27.7 Å². The maximum absolute atomic E-state index is 11.8. The molecule has 0 bridgehead atoms. The Hall–Kier alpha value is -0.390. The highest BCUT2D eigenvalue weighted by Gasteiger charge is 2.12. The van der Waals surface area contributed by atoms with Gasteiger partial charge in [0.15, 0.2) is 5.78 Å². The van der Waals surface area contributed by atoms with E-state index < -0.39 is 9.84 Å². The second-order valence-corrected chi connectivity index (χ2v) is 7.33. The van der Waals surface area contributed by atoms with E-state index in [1.54, 1.807) is 18.2 Å². The fraction of sp³-hybridized carbons (Fsp3) is 0.364. The average molecular weight is 340 g/mol. The van der Waals surface area contributed by atoms with E-state index in [-0.39, 0.29) is 18.0 Å². The first kappa shape index (κ1) is 14.7. The second-order valence-electron chi connectivity index (χ2n) is 3.78. The number of carbonyl (C=O) groups excluding carboxylic acids is 1. The Morgan fingerprint density at radius 1 is 1.41 bits per heavy atom. The first-order valence-corrected chi connectivity index (χ1v) is 8.19. The molecule has 0 radical (unpaired) electrons. The summed E-state index contributed by atoms with van der Waals surface area (Å²) in [5.74, 6) is -0.0836. The van der Waals surface area contributed by atoms with Crippen LogP contribution in [-0.4, -0.2) is 26.2 Å². The Labute approximate surface area is 114 Å². The molecule has 94 valence electrons. The zero-order valence-corrected chi connectivity index (χ0v) is 12.4. The summed E-state index contributed by atoms with van der Waals surface area (Å²) in [7, 11) is -3.01. The summed E-state index contributed by atoms with van der Waals surface area (Å²) in [6.45, 7) is 0. The Morgan fingerprint density at radius 2 is 2.06 bits per heavy atom. The van der Waals surface area contributed by atoms with Crippen LogP contribution in [0.3, 0.4) is 0 Å². The molecule has 0 aliphatic rings. The van der Waals surface area contributed by atoms with Crippen molar-refractivity contribution in [2.75, 3.05) is 12.0 Å². The highest BCUT2D eigenvalue weighted by atomic mass is 79.9. The third kappa shape index (κ3) is 5.19. The van der Waals surface area contributed by atoms with Gasteiger partial charge in [0.2, 0.25) is 0 Å². The number of hydrogen-bond acceptors (Lipinski definition) is 3. The lowest BCUT2D eigenvalue weighted by Gasteiger charge is -2.04. The molecule has 0 saturated heterocycles. The van der Waals surface area contributed by atoms with Crippen molar-refractivity contribution in [2.45, 2.75) is 12.8 Å². The predicted octanol–water partition coefficient (Wildman–Crippen LogP) is 3.11. The molecule has 0 unspecified atom stereocenters. The van der Waals surface area contributed by atoms with Crippen LogP contribution in [-0.2, 0) is 9.84 Å². The highest BCUT2D eigenvalue weighted by molar-refractivity contribution is 9.10. The fourth-order valence-corrected chi connectivity index (χ4v) is 2.65. The van der Waals surface area contributed by atoms with Crippen molar-refractivity contribution in [3.63, 3.8) is 0 Å². The molecule has 0 N–H and O–H groups in total. The lowest BCUT2D eigenvalue weighted by atomic mass is 10.1. The molecular formula is C11H12BrClO3S. The molecule has 3 nitrogen and oxygen atoms in total. The first-order valence-electron chi connectivity index (χ1n) is 4.95. The van der Waals surface area contributed by atoms with Gasteiger partial charge in [0.1, 0.15) is 9.84 Å². The van der Waals surface area contributed by atoms with Crippen LogP contribution >= 0.6 is 27.5 Å². The lowest BCUT2D eigenvalue weighted by Crippen LogP contribution is -2.07. The molecule has 0 saturated carbocycles. The number of ketones is 1. The van der Waals surface area contributed by atoms with Crippen LogP contribution in [0.25, 0.3) is 0 Å². The van der Waals surface area contributed by atoms with Gasteiger partial charge in [0.05, 0.1) is 5.75 Å². The maximum Gasteiger partial charge on any atom is 0.164 e. The van der Waals surface area contributed by atoms with E-state index in [1.165, 1.54) is 0 Å². The SMILES string of the molecule is CS(=O)(=O)CCCC(=O)c1cc(Cl)ccc1Br. The normalized spacial score (nSPS) is 11.5. The largest absolute Gasteiger partial charge is 0.294 e. The molecule has 17 heavy (non-hydrogen) atoms. The monoisotopic (exact) mass is 338 g/mol. The van der Waals surface area contributed by atoms with Crippen molar-refractivity contribution in [3.8, 4) is 0 Å². The van der Waals surface area contributed by atoms with Gasteiger partial charge in [-0.2, -0.15) is 0 Å². The Bertz CT molecular complexity index is 526. The van der Waals surface area contributed by atoms with Crippen LogP contribution in [0, 0.1) is 0 Å². The zero-order chi connectivity index (χ0) is 13.1. The Balaban J connectivity index is 2.67. The quantitative estimate of drug-likeness (QED) is 0.775. The molecule has 0 fully saturated rings. The smallest absolute Gasteiger partial charge is 0.164 e. The molecule has 1 rings (SSSR count). The van der Waals surface area contributed by atoms with Crippen molar-refractivity contribution < 1.29 is 13.2 Å². The molecule has 0 aliphatic carbocycles. The number of carbonyl (C=O) groups is 1. The van der Waals surface area contributed by atoms with Crippen LogP contribution in [0.4, 0.5) is 0 Å². The van der Waals surface area contributed by atoms with E-state index in [2.05, 4.69) is 15.9 Å². The Kier molecular flexibility index (Phi) is 5.16. The third-order valence-electron chi connectivity index (χ3n) is 2.15. The molecule has 0 heterocycles. The number of rotatable bonds is 5. The zero-order valence-electron chi connectivity index (χ0n) is 9.24. The summed E-state index contributed by atoms with van der Waals surface area (Å²) in [4.78, 5) is 11.8. The fourth-order valence-electron chi connectivity index (χ4n) is 1.34.